The average Bonchev–Trinajstić information content (AvgIpc) is 2.60. The van der Waals surface area contributed by atoms with Gasteiger partial charge in [0.2, 0.25) is 0 Å². The maximum Gasteiger partial charge on any atom is 0.128 e. The Bertz CT molecular complexity index is 579. The van der Waals surface area contributed by atoms with Crippen LogP contribution in [0.15, 0.2) is 67.3 Å². The third-order valence-corrected chi connectivity index (χ3v) is 3.95. The molecule has 23 heavy (non-hydrogen) atoms. The molecule has 0 amide bonds. The van der Waals surface area contributed by atoms with Crippen molar-refractivity contribution in [2.45, 2.75) is 32.9 Å². The Hall–Kier alpha value is -2.06. The van der Waals surface area contributed by atoms with Gasteiger partial charge in [-0.1, -0.05) is 68.5 Å². The van der Waals surface area contributed by atoms with Crippen molar-refractivity contribution < 1.29 is 9.64 Å². The summed E-state index contributed by atoms with van der Waals surface area (Å²) in [5, 5.41) is 0. The topological polar surface area (TPSA) is 13.7 Å². The number of nitrogens with one attached hydrogen (secondary N) is 1. The second-order valence-corrected chi connectivity index (χ2v) is 5.90. The van der Waals surface area contributed by atoms with Gasteiger partial charge in [-0.15, -0.1) is 0 Å². The van der Waals surface area contributed by atoms with Crippen LogP contribution >= 0.6 is 0 Å². The van der Waals surface area contributed by atoms with E-state index < -0.39 is 0 Å². The minimum atomic E-state index is 0.556. The minimum absolute atomic E-state index is 0.556. The summed E-state index contributed by atoms with van der Waals surface area (Å²) in [5.41, 5.74) is 2.67. The van der Waals surface area contributed by atoms with E-state index in [4.69, 9.17) is 4.74 Å². The molecule has 2 nitrogen and oxygen atoms in total. The summed E-state index contributed by atoms with van der Waals surface area (Å²) >= 11 is 0. The fourth-order valence-electron chi connectivity index (χ4n) is 2.76. The lowest BCUT2D eigenvalue weighted by atomic mass is 10.1. The number of quaternary nitrogens is 1. The molecular formula is C21H28NO+. The largest absolute Gasteiger partial charge is 0.489 e. The van der Waals surface area contributed by atoms with Crippen LogP contribution < -0.4 is 9.64 Å². The lowest BCUT2D eigenvalue weighted by Gasteiger charge is -2.21. The zero-order valence-electron chi connectivity index (χ0n) is 14.1. The fraction of sp³-hybridized carbons (Fsp3) is 0.333. The number of para-hydroxylation sites is 1. The summed E-state index contributed by atoms with van der Waals surface area (Å²) in [7, 11) is 0. The van der Waals surface area contributed by atoms with Crippen molar-refractivity contribution in [1.29, 1.82) is 0 Å². The normalized spacial score (nSPS) is 11.9. The molecule has 122 valence electrons. The molecule has 0 saturated carbocycles. The predicted octanol–water partition coefficient (Wildman–Crippen LogP) is 3.64. The van der Waals surface area contributed by atoms with Crippen molar-refractivity contribution >= 4 is 0 Å². The molecule has 0 aliphatic carbocycles. The van der Waals surface area contributed by atoms with Gasteiger partial charge in [-0.2, -0.15) is 0 Å². The molecule has 0 saturated heterocycles. The second-order valence-electron chi connectivity index (χ2n) is 5.90. The van der Waals surface area contributed by atoms with Gasteiger partial charge in [0.05, 0.1) is 6.54 Å². The van der Waals surface area contributed by atoms with Crippen LogP contribution in [-0.4, -0.2) is 13.2 Å². The summed E-state index contributed by atoms with van der Waals surface area (Å²) in [6.45, 7) is 9.76. The first kappa shape index (κ1) is 17.3. The highest BCUT2D eigenvalue weighted by molar-refractivity contribution is 5.32. The standard InChI is InChI=1S/C21H27NO/c1-3-5-15-22(17-19-11-7-6-8-12-19)18-20-13-9-10-14-21(20)23-16-4-2/h4,6-14H,2-3,5,15-18H2,1H3/p+1. The molecule has 0 aliphatic rings. The van der Waals surface area contributed by atoms with Gasteiger partial charge in [-0.25, -0.2) is 0 Å². The van der Waals surface area contributed by atoms with Crippen molar-refractivity contribution in [1.82, 2.24) is 0 Å². The molecule has 2 aromatic rings. The minimum Gasteiger partial charge on any atom is -0.489 e. The van der Waals surface area contributed by atoms with Gasteiger partial charge in [-0.3, -0.25) is 0 Å². The summed E-state index contributed by atoms with van der Waals surface area (Å²) < 4.78 is 5.81. The van der Waals surface area contributed by atoms with E-state index in [9.17, 15) is 0 Å². The molecular weight excluding hydrogens is 282 g/mol. The zero-order valence-corrected chi connectivity index (χ0v) is 14.1. The summed E-state index contributed by atoms with van der Waals surface area (Å²) in [5.74, 6) is 0.981. The average molecular weight is 310 g/mol. The van der Waals surface area contributed by atoms with Gasteiger partial charge in [0.1, 0.15) is 25.4 Å². The molecule has 0 aliphatic heterocycles. The monoisotopic (exact) mass is 310 g/mol. The molecule has 0 radical (unpaired) electrons. The van der Waals surface area contributed by atoms with Gasteiger partial charge in [0.25, 0.3) is 0 Å². The van der Waals surface area contributed by atoms with Crippen LogP contribution in [0, 0.1) is 0 Å². The molecule has 0 heterocycles. The molecule has 1 N–H and O–H groups in total. The van der Waals surface area contributed by atoms with E-state index in [2.05, 4.69) is 62.0 Å². The summed E-state index contributed by atoms with van der Waals surface area (Å²) in [6.07, 6.45) is 4.27. The van der Waals surface area contributed by atoms with Crippen LogP contribution in [0.4, 0.5) is 0 Å². The van der Waals surface area contributed by atoms with Gasteiger partial charge in [0, 0.05) is 11.1 Å². The molecule has 0 spiro atoms. The number of benzene rings is 2. The SMILES string of the molecule is C=CCOc1ccccc1C[NH+](CCCC)Cc1ccccc1. The number of hydrogen-bond acceptors (Lipinski definition) is 1. The molecule has 2 rings (SSSR count). The van der Waals surface area contributed by atoms with Crippen LogP contribution in [0.1, 0.15) is 30.9 Å². The van der Waals surface area contributed by atoms with E-state index in [0.29, 0.717) is 6.61 Å². The van der Waals surface area contributed by atoms with Gasteiger partial charge in [-0.05, 0) is 18.6 Å². The van der Waals surface area contributed by atoms with Crippen LogP contribution in [0.5, 0.6) is 5.75 Å². The van der Waals surface area contributed by atoms with Crippen molar-refractivity contribution in [3.63, 3.8) is 0 Å². The molecule has 2 heteroatoms. The highest BCUT2D eigenvalue weighted by atomic mass is 16.5. The van der Waals surface area contributed by atoms with Crippen LogP contribution in [0.2, 0.25) is 0 Å². The Balaban J connectivity index is 2.09. The third kappa shape index (κ3) is 5.91. The zero-order chi connectivity index (χ0) is 16.3. The number of ether oxygens (including phenoxy) is 1. The van der Waals surface area contributed by atoms with E-state index in [1.54, 1.807) is 11.0 Å². The lowest BCUT2D eigenvalue weighted by Crippen LogP contribution is -3.09. The first-order valence-electron chi connectivity index (χ1n) is 8.52. The molecule has 0 aromatic heterocycles. The Morgan fingerprint density at radius 1 is 1.00 bits per heavy atom. The Labute approximate surface area is 140 Å². The third-order valence-electron chi connectivity index (χ3n) is 3.95. The van der Waals surface area contributed by atoms with E-state index in [1.165, 1.54) is 30.5 Å². The van der Waals surface area contributed by atoms with E-state index in [0.717, 1.165) is 18.8 Å². The quantitative estimate of drug-likeness (QED) is 0.662. The van der Waals surface area contributed by atoms with Crippen molar-refractivity contribution in [2.75, 3.05) is 13.2 Å². The van der Waals surface area contributed by atoms with E-state index in [-0.39, 0.29) is 0 Å². The van der Waals surface area contributed by atoms with Gasteiger partial charge in [0.15, 0.2) is 0 Å². The maximum absolute atomic E-state index is 5.81. The lowest BCUT2D eigenvalue weighted by molar-refractivity contribution is -0.927. The van der Waals surface area contributed by atoms with Crippen molar-refractivity contribution in [3.05, 3.63) is 78.4 Å². The van der Waals surface area contributed by atoms with E-state index >= 15 is 0 Å². The Morgan fingerprint density at radius 3 is 2.48 bits per heavy atom. The van der Waals surface area contributed by atoms with Crippen molar-refractivity contribution in [3.8, 4) is 5.75 Å². The van der Waals surface area contributed by atoms with Crippen LogP contribution in [0.25, 0.3) is 0 Å². The molecule has 1 atom stereocenters. The molecule has 0 bridgehead atoms. The van der Waals surface area contributed by atoms with Crippen LogP contribution in [0.3, 0.4) is 0 Å². The summed E-state index contributed by atoms with van der Waals surface area (Å²) in [4.78, 5) is 1.58. The molecule has 2 aromatic carbocycles. The maximum atomic E-state index is 5.81. The summed E-state index contributed by atoms with van der Waals surface area (Å²) in [6, 6.07) is 19.1. The highest BCUT2D eigenvalue weighted by Crippen LogP contribution is 2.17. The fourth-order valence-corrected chi connectivity index (χ4v) is 2.76. The number of unbranched alkanes of at least 4 members (excludes halogenated alkanes) is 1. The van der Waals surface area contributed by atoms with E-state index in [1.807, 2.05) is 6.07 Å². The van der Waals surface area contributed by atoms with Gasteiger partial charge >= 0.3 is 0 Å². The van der Waals surface area contributed by atoms with Gasteiger partial charge < -0.3 is 9.64 Å². The predicted molar refractivity (Wildman–Crippen MR) is 96.7 cm³/mol. The smallest absolute Gasteiger partial charge is 0.128 e. The molecule has 1 unspecified atom stereocenters. The number of rotatable bonds is 10. The Kier molecular flexibility index (Phi) is 7.41. The Morgan fingerprint density at radius 2 is 1.74 bits per heavy atom. The van der Waals surface area contributed by atoms with Crippen LogP contribution in [-0.2, 0) is 13.1 Å². The number of hydrogen-bond donors (Lipinski definition) is 1. The second kappa shape index (κ2) is 9.86. The first-order chi connectivity index (χ1) is 11.3. The molecule has 0 fully saturated rings. The highest BCUT2D eigenvalue weighted by Gasteiger charge is 2.13. The van der Waals surface area contributed by atoms with Crippen molar-refractivity contribution in [2.24, 2.45) is 0 Å². The first-order valence-corrected chi connectivity index (χ1v) is 8.52.